The predicted octanol–water partition coefficient (Wildman–Crippen LogP) is 5.63. The van der Waals surface area contributed by atoms with Gasteiger partial charge < -0.3 is 0 Å². The number of hydrogen-bond donors (Lipinski definition) is 0. The van der Waals surface area contributed by atoms with Crippen LogP contribution in [0.5, 0.6) is 0 Å². The van der Waals surface area contributed by atoms with Crippen LogP contribution >= 0.6 is 0 Å². The molecule has 0 aromatic heterocycles. The molecule has 0 radical (unpaired) electrons. The molecule has 0 heterocycles. The number of allylic oxidation sites excluding steroid dienone is 1. The second-order valence-electron chi connectivity index (χ2n) is 6.07. The number of carbonyl (C=O) groups is 1. The molecule has 1 saturated carbocycles. The van der Waals surface area contributed by atoms with Crippen molar-refractivity contribution in [3.63, 3.8) is 0 Å². The molecule has 1 aliphatic rings. The smallest absolute Gasteiger partial charge is 0.185 e. The summed E-state index contributed by atoms with van der Waals surface area (Å²) >= 11 is 0. The van der Waals surface area contributed by atoms with E-state index in [4.69, 9.17) is 0 Å². The largest absolute Gasteiger partial charge is 0.289 e. The highest BCUT2D eigenvalue weighted by molar-refractivity contribution is 6.06. The maximum Gasteiger partial charge on any atom is 0.185 e. The van der Waals surface area contributed by atoms with Crippen molar-refractivity contribution in [1.29, 1.82) is 0 Å². The van der Waals surface area contributed by atoms with Gasteiger partial charge >= 0.3 is 0 Å². The normalized spacial score (nSPS) is 16.0. The number of carbonyl (C=O) groups excluding carboxylic acids is 1. The fourth-order valence-corrected chi connectivity index (χ4v) is 3.19. The highest BCUT2D eigenvalue weighted by atomic mass is 16.1. The van der Waals surface area contributed by atoms with Crippen LogP contribution in [0.1, 0.15) is 59.5 Å². The maximum absolute atomic E-state index is 12.0. The second kappa shape index (κ2) is 7.22. The first-order valence-corrected chi connectivity index (χ1v) is 8.20. The molecule has 3 rings (SSSR count). The van der Waals surface area contributed by atoms with E-state index in [1.54, 1.807) is 6.08 Å². The SMILES string of the molecule is O=C(C=Cc1ccc(C2CCCCC2)cc1)c1ccccc1. The summed E-state index contributed by atoms with van der Waals surface area (Å²) in [5, 5.41) is 0. The van der Waals surface area contributed by atoms with Crippen molar-refractivity contribution in [3.8, 4) is 0 Å². The Labute approximate surface area is 132 Å². The third-order valence-electron chi connectivity index (χ3n) is 4.50. The monoisotopic (exact) mass is 290 g/mol. The highest BCUT2D eigenvalue weighted by Crippen LogP contribution is 2.32. The Balaban J connectivity index is 1.65. The van der Waals surface area contributed by atoms with Gasteiger partial charge in [-0.15, -0.1) is 0 Å². The lowest BCUT2D eigenvalue weighted by Gasteiger charge is -2.21. The first-order chi connectivity index (χ1) is 10.8. The number of hydrogen-bond acceptors (Lipinski definition) is 1. The summed E-state index contributed by atoms with van der Waals surface area (Å²) < 4.78 is 0. The average molecular weight is 290 g/mol. The lowest BCUT2D eigenvalue weighted by molar-refractivity contribution is 0.104. The zero-order chi connectivity index (χ0) is 15.2. The van der Waals surface area contributed by atoms with Crippen molar-refractivity contribution in [2.45, 2.75) is 38.0 Å². The molecule has 0 amide bonds. The van der Waals surface area contributed by atoms with E-state index in [0.717, 1.165) is 17.0 Å². The van der Waals surface area contributed by atoms with Gasteiger partial charge in [0.05, 0.1) is 0 Å². The van der Waals surface area contributed by atoms with Crippen LogP contribution in [0, 0.1) is 0 Å². The van der Waals surface area contributed by atoms with Gasteiger partial charge in [0.25, 0.3) is 0 Å². The Morgan fingerprint density at radius 1 is 0.864 bits per heavy atom. The van der Waals surface area contributed by atoms with E-state index in [0.29, 0.717) is 0 Å². The molecule has 0 spiro atoms. The molecule has 1 aliphatic carbocycles. The maximum atomic E-state index is 12.0. The van der Waals surface area contributed by atoms with Gasteiger partial charge in [-0.25, -0.2) is 0 Å². The van der Waals surface area contributed by atoms with Crippen molar-refractivity contribution < 1.29 is 4.79 Å². The highest BCUT2D eigenvalue weighted by Gasteiger charge is 2.14. The summed E-state index contributed by atoms with van der Waals surface area (Å²) in [6.45, 7) is 0. The molecule has 0 bridgehead atoms. The summed E-state index contributed by atoms with van der Waals surface area (Å²) in [7, 11) is 0. The van der Waals surface area contributed by atoms with Gasteiger partial charge in [-0.3, -0.25) is 4.79 Å². The van der Waals surface area contributed by atoms with Gasteiger partial charge in [0.2, 0.25) is 0 Å². The molecule has 22 heavy (non-hydrogen) atoms. The zero-order valence-electron chi connectivity index (χ0n) is 12.9. The van der Waals surface area contributed by atoms with E-state index in [2.05, 4.69) is 24.3 Å². The van der Waals surface area contributed by atoms with Gasteiger partial charge in [-0.2, -0.15) is 0 Å². The zero-order valence-corrected chi connectivity index (χ0v) is 12.9. The van der Waals surface area contributed by atoms with Crippen molar-refractivity contribution in [2.24, 2.45) is 0 Å². The summed E-state index contributed by atoms with van der Waals surface area (Å²) in [6, 6.07) is 18.1. The van der Waals surface area contributed by atoms with Crippen LogP contribution in [-0.4, -0.2) is 5.78 Å². The van der Waals surface area contributed by atoms with E-state index >= 15 is 0 Å². The molecule has 1 nitrogen and oxygen atoms in total. The van der Waals surface area contributed by atoms with Crippen LogP contribution in [0.2, 0.25) is 0 Å². The minimum Gasteiger partial charge on any atom is -0.289 e. The van der Waals surface area contributed by atoms with Gasteiger partial charge in [0, 0.05) is 5.56 Å². The van der Waals surface area contributed by atoms with E-state index in [9.17, 15) is 4.79 Å². The lowest BCUT2D eigenvalue weighted by Crippen LogP contribution is -2.04. The Morgan fingerprint density at radius 3 is 2.23 bits per heavy atom. The van der Waals surface area contributed by atoms with Crippen LogP contribution in [0.25, 0.3) is 6.08 Å². The van der Waals surface area contributed by atoms with Gasteiger partial charge in [-0.05, 0) is 36.0 Å². The number of ketones is 1. The molecule has 0 atom stereocenters. The first kappa shape index (κ1) is 14.8. The third-order valence-corrected chi connectivity index (χ3v) is 4.50. The topological polar surface area (TPSA) is 17.1 Å². The standard InChI is InChI=1S/C21H22O/c22-21(20-9-5-2-6-10-20)16-13-17-11-14-19(15-12-17)18-7-3-1-4-8-18/h2,5-6,9-16,18H,1,3-4,7-8H2. The van der Waals surface area contributed by atoms with E-state index in [-0.39, 0.29) is 5.78 Å². The van der Waals surface area contributed by atoms with Gasteiger partial charge in [0.15, 0.2) is 5.78 Å². The molecule has 0 N–H and O–H groups in total. The van der Waals surface area contributed by atoms with Crippen LogP contribution in [0.15, 0.2) is 60.7 Å². The fraction of sp³-hybridized carbons (Fsp3) is 0.286. The quantitative estimate of drug-likeness (QED) is 0.527. The number of benzene rings is 2. The van der Waals surface area contributed by atoms with Crippen LogP contribution < -0.4 is 0 Å². The van der Waals surface area contributed by atoms with Gasteiger partial charge in [-0.1, -0.05) is 79.9 Å². The first-order valence-electron chi connectivity index (χ1n) is 8.20. The summed E-state index contributed by atoms with van der Waals surface area (Å²) in [5.74, 6) is 0.787. The third kappa shape index (κ3) is 3.73. The van der Waals surface area contributed by atoms with E-state index in [1.807, 2.05) is 36.4 Å². The van der Waals surface area contributed by atoms with Crippen molar-refractivity contribution >= 4 is 11.9 Å². The fourth-order valence-electron chi connectivity index (χ4n) is 3.19. The lowest BCUT2D eigenvalue weighted by atomic mass is 9.84. The molecule has 1 heteroatoms. The van der Waals surface area contributed by atoms with E-state index < -0.39 is 0 Å². The second-order valence-corrected chi connectivity index (χ2v) is 6.07. The minimum atomic E-state index is 0.0527. The van der Waals surface area contributed by atoms with E-state index in [1.165, 1.54) is 37.7 Å². The Hall–Kier alpha value is -2.15. The molecule has 2 aromatic rings. The summed E-state index contributed by atoms with van der Waals surface area (Å²) in [5.41, 5.74) is 3.27. The van der Waals surface area contributed by atoms with Crippen LogP contribution in [0.4, 0.5) is 0 Å². The molecule has 0 saturated heterocycles. The molecule has 0 aliphatic heterocycles. The molecule has 0 unspecified atom stereocenters. The summed E-state index contributed by atoms with van der Waals surface area (Å²) in [6.07, 6.45) is 10.3. The molecular formula is C21H22O. The van der Waals surface area contributed by atoms with Crippen molar-refractivity contribution in [1.82, 2.24) is 0 Å². The molecule has 112 valence electrons. The van der Waals surface area contributed by atoms with Crippen LogP contribution in [0.3, 0.4) is 0 Å². The predicted molar refractivity (Wildman–Crippen MR) is 92.1 cm³/mol. The molecule has 1 fully saturated rings. The average Bonchev–Trinajstić information content (AvgIpc) is 2.61. The number of rotatable bonds is 4. The molecule has 2 aromatic carbocycles. The summed E-state index contributed by atoms with van der Waals surface area (Å²) in [4.78, 5) is 12.0. The minimum absolute atomic E-state index is 0.0527. The van der Waals surface area contributed by atoms with Crippen molar-refractivity contribution in [2.75, 3.05) is 0 Å². The van der Waals surface area contributed by atoms with Gasteiger partial charge in [0.1, 0.15) is 0 Å². The Morgan fingerprint density at radius 2 is 1.55 bits per heavy atom. The Kier molecular flexibility index (Phi) is 4.85. The van der Waals surface area contributed by atoms with Crippen LogP contribution in [-0.2, 0) is 0 Å². The van der Waals surface area contributed by atoms with Crippen molar-refractivity contribution in [3.05, 3.63) is 77.4 Å². The molecular weight excluding hydrogens is 268 g/mol. The Bertz CT molecular complexity index is 631.